The first-order valence-corrected chi connectivity index (χ1v) is 7.58. The van der Waals surface area contributed by atoms with Gasteiger partial charge in [0, 0.05) is 19.6 Å². The highest BCUT2D eigenvalue weighted by Crippen LogP contribution is 2.29. The Hall–Kier alpha value is -1.76. The second-order valence-corrected chi connectivity index (χ2v) is 5.73. The van der Waals surface area contributed by atoms with E-state index >= 15 is 0 Å². The third kappa shape index (κ3) is 2.70. The number of nitrogens with two attached hydrogens (primary N) is 1. The predicted octanol–water partition coefficient (Wildman–Crippen LogP) is 0.0485. The van der Waals surface area contributed by atoms with Gasteiger partial charge in [-0.3, -0.25) is 9.48 Å². The predicted molar refractivity (Wildman–Crippen MR) is 80.1 cm³/mol. The standard InChI is InChI=1S/C14H23N5O2/c1-3-10-12(15)14(18(2)17-10)19-6-7-21-8-11(19)13(20)16-9-4-5-9/h9,11H,3-8,15H2,1-2H3,(H,16,20). The van der Waals surface area contributed by atoms with Crippen LogP contribution in [0.25, 0.3) is 0 Å². The normalized spacial score (nSPS) is 22.4. The number of nitrogen functional groups attached to an aromatic ring is 1. The lowest BCUT2D eigenvalue weighted by molar-refractivity contribution is -0.124. The molecule has 2 fully saturated rings. The number of rotatable bonds is 4. The number of nitrogens with one attached hydrogen (secondary N) is 1. The van der Waals surface area contributed by atoms with E-state index in [4.69, 9.17) is 10.5 Å². The number of nitrogens with zero attached hydrogens (tertiary/aromatic N) is 3. The monoisotopic (exact) mass is 293 g/mol. The molecule has 1 aliphatic heterocycles. The van der Waals surface area contributed by atoms with Gasteiger partial charge < -0.3 is 20.7 Å². The van der Waals surface area contributed by atoms with Gasteiger partial charge in [0.1, 0.15) is 6.04 Å². The second-order valence-electron chi connectivity index (χ2n) is 5.73. The van der Waals surface area contributed by atoms with Crippen molar-refractivity contribution in [2.45, 2.75) is 38.3 Å². The van der Waals surface area contributed by atoms with Crippen LogP contribution in [-0.4, -0.2) is 47.5 Å². The molecule has 1 saturated heterocycles. The SMILES string of the molecule is CCc1nn(C)c(N2CCOCC2C(=O)NC2CC2)c1N. The smallest absolute Gasteiger partial charge is 0.245 e. The maximum atomic E-state index is 12.4. The highest BCUT2D eigenvalue weighted by Gasteiger charge is 2.35. The summed E-state index contributed by atoms with van der Waals surface area (Å²) in [4.78, 5) is 14.5. The Kier molecular flexibility index (Phi) is 3.75. The van der Waals surface area contributed by atoms with Crippen molar-refractivity contribution in [3.8, 4) is 0 Å². The first-order chi connectivity index (χ1) is 10.1. The number of hydrogen-bond donors (Lipinski definition) is 2. The molecule has 3 rings (SSSR count). The Morgan fingerprint density at radius 1 is 1.52 bits per heavy atom. The fraction of sp³-hybridized carbons (Fsp3) is 0.714. The van der Waals surface area contributed by atoms with Crippen LogP contribution in [0.3, 0.4) is 0 Å². The van der Waals surface area contributed by atoms with Crippen LogP contribution in [-0.2, 0) is 23.0 Å². The number of aromatic nitrogens is 2. The molecule has 7 nitrogen and oxygen atoms in total. The Morgan fingerprint density at radius 3 is 2.90 bits per heavy atom. The van der Waals surface area contributed by atoms with Gasteiger partial charge in [0.25, 0.3) is 0 Å². The van der Waals surface area contributed by atoms with Crippen molar-refractivity contribution < 1.29 is 9.53 Å². The highest BCUT2D eigenvalue weighted by atomic mass is 16.5. The average Bonchev–Trinajstić information content (AvgIpc) is 3.24. The molecule has 7 heteroatoms. The zero-order valence-corrected chi connectivity index (χ0v) is 12.6. The molecule has 0 radical (unpaired) electrons. The molecule has 0 aromatic carbocycles. The van der Waals surface area contributed by atoms with E-state index in [0.717, 1.165) is 30.8 Å². The number of carbonyl (C=O) groups is 1. The van der Waals surface area contributed by atoms with Crippen LogP contribution in [0.5, 0.6) is 0 Å². The van der Waals surface area contributed by atoms with Crippen molar-refractivity contribution in [2.24, 2.45) is 7.05 Å². The van der Waals surface area contributed by atoms with E-state index in [1.165, 1.54) is 0 Å². The van der Waals surface area contributed by atoms with E-state index in [2.05, 4.69) is 10.4 Å². The first kappa shape index (κ1) is 14.2. The molecule has 1 unspecified atom stereocenters. The zero-order chi connectivity index (χ0) is 15.0. The maximum Gasteiger partial charge on any atom is 0.245 e. The molecule has 1 atom stereocenters. The van der Waals surface area contributed by atoms with Crippen LogP contribution in [0.15, 0.2) is 0 Å². The van der Waals surface area contributed by atoms with Crippen LogP contribution < -0.4 is 16.0 Å². The summed E-state index contributed by atoms with van der Waals surface area (Å²) < 4.78 is 7.27. The lowest BCUT2D eigenvalue weighted by Gasteiger charge is -2.36. The number of ether oxygens (including phenoxy) is 1. The third-order valence-corrected chi connectivity index (χ3v) is 4.09. The van der Waals surface area contributed by atoms with Gasteiger partial charge in [-0.1, -0.05) is 6.92 Å². The summed E-state index contributed by atoms with van der Waals surface area (Å²) in [5.41, 5.74) is 7.77. The van der Waals surface area contributed by atoms with Crippen molar-refractivity contribution in [2.75, 3.05) is 30.4 Å². The summed E-state index contributed by atoms with van der Waals surface area (Å²) in [6.07, 6.45) is 2.93. The molecule has 2 aliphatic rings. The molecular weight excluding hydrogens is 270 g/mol. The summed E-state index contributed by atoms with van der Waals surface area (Å²) in [6.45, 7) is 3.67. The Balaban J connectivity index is 1.86. The van der Waals surface area contributed by atoms with E-state index in [-0.39, 0.29) is 11.9 Å². The molecule has 0 spiro atoms. The molecule has 21 heavy (non-hydrogen) atoms. The van der Waals surface area contributed by atoms with E-state index in [0.29, 0.717) is 31.5 Å². The summed E-state index contributed by atoms with van der Waals surface area (Å²) in [6, 6.07) is 0.0121. The number of amides is 1. The van der Waals surface area contributed by atoms with E-state index < -0.39 is 0 Å². The van der Waals surface area contributed by atoms with Gasteiger partial charge in [-0.25, -0.2) is 0 Å². The Morgan fingerprint density at radius 2 is 2.29 bits per heavy atom. The van der Waals surface area contributed by atoms with Gasteiger partial charge in [0.2, 0.25) is 5.91 Å². The van der Waals surface area contributed by atoms with E-state index in [1.807, 2.05) is 18.9 Å². The minimum atomic E-state index is -0.332. The third-order valence-electron chi connectivity index (χ3n) is 4.09. The lowest BCUT2D eigenvalue weighted by atomic mass is 10.2. The van der Waals surface area contributed by atoms with Crippen LogP contribution in [0.4, 0.5) is 11.5 Å². The number of aryl methyl sites for hydroxylation is 2. The van der Waals surface area contributed by atoms with Gasteiger partial charge in [-0.05, 0) is 19.3 Å². The Labute approximate surface area is 124 Å². The van der Waals surface area contributed by atoms with Crippen LogP contribution >= 0.6 is 0 Å². The highest BCUT2D eigenvalue weighted by molar-refractivity contribution is 5.87. The molecule has 0 bridgehead atoms. The lowest BCUT2D eigenvalue weighted by Crippen LogP contribution is -2.55. The van der Waals surface area contributed by atoms with Crippen molar-refractivity contribution in [1.82, 2.24) is 15.1 Å². The summed E-state index contributed by atoms with van der Waals surface area (Å²) in [7, 11) is 1.87. The van der Waals surface area contributed by atoms with Gasteiger partial charge in [-0.2, -0.15) is 5.10 Å². The zero-order valence-electron chi connectivity index (χ0n) is 12.6. The van der Waals surface area contributed by atoms with Crippen LogP contribution in [0, 0.1) is 0 Å². The number of anilines is 2. The Bertz CT molecular complexity index is 538. The summed E-state index contributed by atoms with van der Waals surface area (Å²) in [5.74, 6) is 0.849. The fourth-order valence-electron chi connectivity index (χ4n) is 2.79. The van der Waals surface area contributed by atoms with E-state index in [1.54, 1.807) is 4.68 Å². The second kappa shape index (κ2) is 5.55. The molecule has 1 saturated carbocycles. The quantitative estimate of drug-likeness (QED) is 0.819. The summed E-state index contributed by atoms with van der Waals surface area (Å²) in [5, 5.41) is 7.50. The minimum absolute atomic E-state index is 0.0239. The van der Waals surface area contributed by atoms with Crippen molar-refractivity contribution in [3.63, 3.8) is 0 Å². The van der Waals surface area contributed by atoms with Crippen molar-refractivity contribution >= 4 is 17.4 Å². The maximum absolute atomic E-state index is 12.4. The van der Waals surface area contributed by atoms with Crippen LogP contribution in [0.1, 0.15) is 25.5 Å². The average molecular weight is 293 g/mol. The molecule has 1 aliphatic carbocycles. The number of hydrogen-bond acceptors (Lipinski definition) is 5. The molecule has 1 amide bonds. The molecule has 1 aromatic rings. The topological polar surface area (TPSA) is 85.4 Å². The molecule has 2 heterocycles. The van der Waals surface area contributed by atoms with Gasteiger partial charge in [0.05, 0.1) is 24.6 Å². The number of carbonyl (C=O) groups excluding carboxylic acids is 1. The van der Waals surface area contributed by atoms with Gasteiger partial charge in [0.15, 0.2) is 5.82 Å². The molecular formula is C14H23N5O2. The van der Waals surface area contributed by atoms with Crippen molar-refractivity contribution in [3.05, 3.63) is 5.69 Å². The van der Waals surface area contributed by atoms with Gasteiger partial charge in [-0.15, -0.1) is 0 Å². The van der Waals surface area contributed by atoms with Crippen molar-refractivity contribution in [1.29, 1.82) is 0 Å². The fourth-order valence-corrected chi connectivity index (χ4v) is 2.79. The minimum Gasteiger partial charge on any atom is -0.394 e. The summed E-state index contributed by atoms with van der Waals surface area (Å²) >= 11 is 0. The molecule has 3 N–H and O–H groups in total. The largest absolute Gasteiger partial charge is 0.394 e. The number of morpholine rings is 1. The molecule has 116 valence electrons. The molecule has 1 aromatic heterocycles. The van der Waals surface area contributed by atoms with E-state index in [9.17, 15) is 4.79 Å². The van der Waals surface area contributed by atoms with Gasteiger partial charge >= 0.3 is 0 Å². The van der Waals surface area contributed by atoms with Crippen LogP contribution in [0.2, 0.25) is 0 Å². The first-order valence-electron chi connectivity index (χ1n) is 7.58.